The number of carboxylic acids is 1. The van der Waals surface area contributed by atoms with Crippen LogP contribution in [0.4, 0.5) is 4.39 Å². The molecule has 15 heavy (non-hydrogen) atoms. The lowest BCUT2D eigenvalue weighted by atomic mass is 10.0. The number of carboxylic acid groups (broad SMARTS) is 1. The van der Waals surface area contributed by atoms with E-state index in [1.54, 1.807) is 6.07 Å². The van der Waals surface area contributed by atoms with Crippen LogP contribution in [0.15, 0.2) is 22.7 Å². The summed E-state index contributed by atoms with van der Waals surface area (Å²) in [6, 6.07) is 4.28. The fourth-order valence-electron chi connectivity index (χ4n) is 1.39. The molecule has 2 aromatic rings. The van der Waals surface area contributed by atoms with E-state index in [1.807, 2.05) is 0 Å². The van der Waals surface area contributed by atoms with Gasteiger partial charge in [-0.3, -0.25) is 4.79 Å². The molecule has 0 aliphatic rings. The van der Waals surface area contributed by atoms with Crippen molar-refractivity contribution in [2.75, 3.05) is 0 Å². The number of carbonyl (C=O) groups is 1. The predicted octanol–water partition coefficient (Wildman–Crippen LogP) is 2.16. The molecule has 1 aromatic carbocycles. The minimum atomic E-state index is -1.06. The van der Waals surface area contributed by atoms with E-state index in [2.05, 4.69) is 5.16 Å². The van der Waals surface area contributed by atoms with Gasteiger partial charge in [-0.15, -0.1) is 0 Å². The van der Waals surface area contributed by atoms with E-state index < -0.39 is 17.7 Å². The van der Waals surface area contributed by atoms with Gasteiger partial charge in [0.15, 0.2) is 5.58 Å². The highest BCUT2D eigenvalue weighted by Gasteiger charge is 2.23. The van der Waals surface area contributed by atoms with E-state index in [4.69, 9.17) is 9.63 Å². The SMILES string of the molecule is CC(C(=O)O)c1noc2cccc(F)c12. The molecule has 0 aliphatic heterocycles. The summed E-state index contributed by atoms with van der Waals surface area (Å²) in [5.41, 5.74) is 0.383. The summed E-state index contributed by atoms with van der Waals surface area (Å²) < 4.78 is 18.3. The van der Waals surface area contributed by atoms with Gasteiger partial charge in [-0.25, -0.2) is 4.39 Å². The molecule has 1 heterocycles. The molecule has 1 unspecified atom stereocenters. The van der Waals surface area contributed by atoms with Gasteiger partial charge in [-0.05, 0) is 19.1 Å². The Bertz CT molecular complexity index is 520. The lowest BCUT2D eigenvalue weighted by Crippen LogP contribution is -2.08. The van der Waals surface area contributed by atoms with Gasteiger partial charge < -0.3 is 9.63 Å². The monoisotopic (exact) mass is 209 g/mol. The Balaban J connectivity index is 2.67. The molecule has 0 saturated carbocycles. The van der Waals surface area contributed by atoms with Gasteiger partial charge >= 0.3 is 5.97 Å². The summed E-state index contributed by atoms with van der Waals surface area (Å²) in [6.07, 6.45) is 0. The fraction of sp³-hybridized carbons (Fsp3) is 0.200. The number of rotatable bonds is 2. The second-order valence-electron chi connectivity index (χ2n) is 3.24. The van der Waals surface area contributed by atoms with Gasteiger partial charge in [-0.1, -0.05) is 11.2 Å². The number of hydrogen-bond donors (Lipinski definition) is 1. The van der Waals surface area contributed by atoms with E-state index in [1.165, 1.54) is 19.1 Å². The minimum Gasteiger partial charge on any atom is -0.481 e. The van der Waals surface area contributed by atoms with E-state index in [0.29, 0.717) is 0 Å². The van der Waals surface area contributed by atoms with Crippen molar-refractivity contribution >= 4 is 16.9 Å². The summed E-state index contributed by atoms with van der Waals surface area (Å²) in [6.45, 7) is 1.44. The van der Waals surface area contributed by atoms with Crippen LogP contribution in [-0.2, 0) is 4.79 Å². The molecule has 78 valence electrons. The number of aromatic nitrogens is 1. The zero-order valence-electron chi connectivity index (χ0n) is 7.90. The normalized spacial score (nSPS) is 12.9. The van der Waals surface area contributed by atoms with Crippen molar-refractivity contribution < 1.29 is 18.8 Å². The van der Waals surface area contributed by atoms with E-state index >= 15 is 0 Å². The van der Waals surface area contributed by atoms with Gasteiger partial charge in [0.05, 0.1) is 5.39 Å². The molecular weight excluding hydrogens is 201 g/mol. The summed E-state index contributed by atoms with van der Waals surface area (Å²) in [5.74, 6) is -2.46. The average Bonchev–Trinajstić information content (AvgIpc) is 2.61. The van der Waals surface area contributed by atoms with E-state index in [0.717, 1.165) is 0 Å². The van der Waals surface area contributed by atoms with Crippen molar-refractivity contribution in [3.8, 4) is 0 Å². The maximum Gasteiger partial charge on any atom is 0.312 e. The van der Waals surface area contributed by atoms with Crippen molar-refractivity contribution in [1.29, 1.82) is 0 Å². The first-order valence-electron chi connectivity index (χ1n) is 4.38. The van der Waals surface area contributed by atoms with Crippen molar-refractivity contribution in [1.82, 2.24) is 5.16 Å². The summed E-state index contributed by atoms with van der Waals surface area (Å²) in [4.78, 5) is 10.7. The van der Waals surface area contributed by atoms with Crippen LogP contribution in [-0.4, -0.2) is 16.2 Å². The molecule has 0 saturated heterocycles. The zero-order chi connectivity index (χ0) is 11.0. The standard InChI is InChI=1S/C10H8FNO3/c1-5(10(13)14)9-8-6(11)3-2-4-7(8)15-12-9/h2-5H,1H3,(H,13,14). The first kappa shape index (κ1) is 9.64. The molecule has 4 nitrogen and oxygen atoms in total. The predicted molar refractivity (Wildman–Crippen MR) is 50.0 cm³/mol. The third-order valence-electron chi connectivity index (χ3n) is 2.25. The Morgan fingerprint density at radius 3 is 3.00 bits per heavy atom. The molecule has 0 amide bonds. The third kappa shape index (κ3) is 1.45. The van der Waals surface area contributed by atoms with Crippen LogP contribution in [0.2, 0.25) is 0 Å². The van der Waals surface area contributed by atoms with Crippen LogP contribution < -0.4 is 0 Å². The smallest absolute Gasteiger partial charge is 0.312 e. The molecule has 0 radical (unpaired) electrons. The van der Waals surface area contributed by atoms with Crippen LogP contribution >= 0.6 is 0 Å². The first-order valence-corrected chi connectivity index (χ1v) is 4.38. The molecular formula is C10H8FNO3. The highest BCUT2D eigenvalue weighted by Crippen LogP contribution is 2.27. The third-order valence-corrected chi connectivity index (χ3v) is 2.25. The van der Waals surface area contributed by atoms with Crippen molar-refractivity contribution in [2.45, 2.75) is 12.8 Å². The van der Waals surface area contributed by atoms with Crippen LogP contribution in [0, 0.1) is 5.82 Å². The maximum atomic E-state index is 13.4. The lowest BCUT2D eigenvalue weighted by molar-refractivity contribution is -0.138. The molecule has 2 rings (SSSR count). The summed E-state index contributed by atoms with van der Waals surface area (Å²) in [5, 5.41) is 12.5. The fourth-order valence-corrected chi connectivity index (χ4v) is 1.39. The molecule has 0 aliphatic carbocycles. The Kier molecular flexibility index (Phi) is 2.15. The zero-order valence-corrected chi connectivity index (χ0v) is 7.90. The van der Waals surface area contributed by atoms with Gasteiger partial charge in [0.1, 0.15) is 17.4 Å². The van der Waals surface area contributed by atoms with Gasteiger partial charge in [0, 0.05) is 0 Å². The van der Waals surface area contributed by atoms with Crippen LogP contribution in [0.25, 0.3) is 11.0 Å². The quantitative estimate of drug-likeness (QED) is 0.823. The molecule has 1 atom stereocenters. The van der Waals surface area contributed by atoms with Crippen LogP contribution in [0.5, 0.6) is 0 Å². The molecule has 1 N–H and O–H groups in total. The van der Waals surface area contributed by atoms with Crippen LogP contribution in [0.1, 0.15) is 18.5 Å². The Morgan fingerprint density at radius 2 is 2.33 bits per heavy atom. The van der Waals surface area contributed by atoms with E-state index in [-0.39, 0.29) is 16.7 Å². The Hall–Kier alpha value is -1.91. The molecule has 0 spiro atoms. The number of nitrogens with zero attached hydrogens (tertiary/aromatic N) is 1. The number of halogens is 1. The van der Waals surface area contributed by atoms with Gasteiger partial charge in [-0.2, -0.15) is 0 Å². The van der Waals surface area contributed by atoms with Crippen LogP contribution in [0.3, 0.4) is 0 Å². The van der Waals surface area contributed by atoms with E-state index in [9.17, 15) is 9.18 Å². The Morgan fingerprint density at radius 1 is 1.60 bits per heavy atom. The van der Waals surface area contributed by atoms with Crippen molar-refractivity contribution in [3.63, 3.8) is 0 Å². The first-order chi connectivity index (χ1) is 7.11. The number of fused-ring (bicyclic) bond motifs is 1. The van der Waals surface area contributed by atoms with Gasteiger partial charge in [0.25, 0.3) is 0 Å². The average molecular weight is 209 g/mol. The Labute approximate surface area is 84.3 Å². The minimum absolute atomic E-state index is 0.121. The highest BCUT2D eigenvalue weighted by molar-refractivity contribution is 5.86. The summed E-state index contributed by atoms with van der Waals surface area (Å²) in [7, 11) is 0. The topological polar surface area (TPSA) is 63.3 Å². The van der Waals surface area contributed by atoms with Gasteiger partial charge in [0.2, 0.25) is 0 Å². The number of aliphatic carboxylic acids is 1. The maximum absolute atomic E-state index is 13.4. The summed E-state index contributed by atoms with van der Waals surface area (Å²) >= 11 is 0. The van der Waals surface area contributed by atoms with Crippen molar-refractivity contribution in [2.24, 2.45) is 0 Å². The molecule has 5 heteroatoms. The van der Waals surface area contributed by atoms with Crippen molar-refractivity contribution in [3.05, 3.63) is 29.7 Å². The molecule has 0 fully saturated rings. The lowest BCUT2D eigenvalue weighted by Gasteiger charge is -2.01. The molecule has 0 bridgehead atoms. The highest BCUT2D eigenvalue weighted by atomic mass is 19.1. The number of hydrogen-bond acceptors (Lipinski definition) is 3. The molecule has 1 aromatic heterocycles. The largest absolute Gasteiger partial charge is 0.481 e. The second-order valence-corrected chi connectivity index (χ2v) is 3.24. The second kappa shape index (κ2) is 3.34. The number of benzene rings is 1.